The second kappa shape index (κ2) is 9.71. The quantitative estimate of drug-likeness (QED) is 0.629. The molecule has 25 heavy (non-hydrogen) atoms. The van der Waals surface area contributed by atoms with Crippen LogP contribution < -0.4 is 20.7 Å². The van der Waals surface area contributed by atoms with Crippen molar-refractivity contribution in [1.29, 1.82) is 0 Å². The van der Waals surface area contributed by atoms with E-state index in [2.05, 4.69) is 34.0 Å². The molecule has 136 valence electrons. The number of unbranched alkanes of at least 4 members (excludes halogenated alkanes) is 2. The zero-order valence-corrected chi connectivity index (χ0v) is 15.5. The van der Waals surface area contributed by atoms with E-state index in [-0.39, 0.29) is 0 Å². The second-order valence-corrected chi connectivity index (χ2v) is 6.09. The minimum atomic E-state index is 0.560. The molecular weight excluding hydrogens is 314 g/mol. The van der Waals surface area contributed by atoms with Gasteiger partial charge in [0.05, 0.1) is 6.61 Å². The van der Waals surface area contributed by atoms with Gasteiger partial charge in [-0.1, -0.05) is 26.7 Å². The Morgan fingerprint density at radius 1 is 1.08 bits per heavy atom. The monoisotopic (exact) mass is 343 g/mol. The van der Waals surface area contributed by atoms with E-state index in [1.54, 1.807) is 6.33 Å². The maximum Gasteiger partial charge on any atom is 0.159 e. The summed E-state index contributed by atoms with van der Waals surface area (Å²) in [5.74, 6) is 2.24. The molecule has 2 rings (SSSR count). The molecule has 6 heteroatoms. The summed E-state index contributed by atoms with van der Waals surface area (Å²) in [6.45, 7) is 5.98. The van der Waals surface area contributed by atoms with E-state index in [4.69, 9.17) is 10.5 Å². The van der Waals surface area contributed by atoms with Crippen molar-refractivity contribution in [3.63, 3.8) is 0 Å². The lowest BCUT2D eigenvalue weighted by Gasteiger charge is -2.20. The number of nitrogens with one attached hydrogen (secondary N) is 1. The van der Waals surface area contributed by atoms with Crippen LogP contribution in [0.15, 0.2) is 30.6 Å². The highest BCUT2D eigenvalue weighted by molar-refractivity contribution is 5.78. The van der Waals surface area contributed by atoms with Gasteiger partial charge in [0.1, 0.15) is 17.8 Å². The summed E-state index contributed by atoms with van der Waals surface area (Å²) in [5, 5.41) is 3.26. The minimum absolute atomic E-state index is 0.560. The van der Waals surface area contributed by atoms with Crippen LogP contribution in [-0.4, -0.2) is 30.2 Å². The maximum atomic E-state index is 6.26. The molecule has 6 nitrogen and oxygen atoms in total. The number of hydrogen-bond acceptors (Lipinski definition) is 6. The van der Waals surface area contributed by atoms with Crippen LogP contribution in [0.2, 0.25) is 0 Å². The lowest BCUT2D eigenvalue weighted by molar-refractivity contribution is 0.309. The molecular formula is C19H29N5O. The summed E-state index contributed by atoms with van der Waals surface area (Å²) in [5.41, 5.74) is 7.73. The summed E-state index contributed by atoms with van der Waals surface area (Å²) in [7, 11) is 2.00. The van der Waals surface area contributed by atoms with E-state index in [0.29, 0.717) is 11.5 Å². The van der Waals surface area contributed by atoms with Gasteiger partial charge >= 0.3 is 0 Å². The van der Waals surface area contributed by atoms with E-state index in [1.165, 1.54) is 0 Å². The summed E-state index contributed by atoms with van der Waals surface area (Å²) >= 11 is 0. The summed E-state index contributed by atoms with van der Waals surface area (Å²) in [6.07, 6.45) is 5.96. The van der Waals surface area contributed by atoms with E-state index in [0.717, 1.165) is 56.1 Å². The van der Waals surface area contributed by atoms with Crippen LogP contribution in [0, 0.1) is 0 Å². The number of nitrogen functional groups attached to an aromatic ring is 1. The normalized spacial score (nSPS) is 10.5. The highest BCUT2D eigenvalue weighted by atomic mass is 16.5. The molecule has 1 heterocycles. The van der Waals surface area contributed by atoms with Gasteiger partial charge in [-0.25, -0.2) is 9.97 Å². The molecule has 0 aliphatic carbocycles. The number of ether oxygens (including phenoxy) is 1. The number of nitrogens with two attached hydrogens (primary N) is 1. The Balaban J connectivity index is 2.04. The zero-order valence-electron chi connectivity index (χ0n) is 15.5. The predicted molar refractivity (Wildman–Crippen MR) is 105 cm³/mol. The third kappa shape index (κ3) is 5.52. The zero-order chi connectivity index (χ0) is 18.1. The summed E-state index contributed by atoms with van der Waals surface area (Å²) in [6, 6.07) is 7.82. The molecule has 3 N–H and O–H groups in total. The van der Waals surface area contributed by atoms with Crippen molar-refractivity contribution in [2.24, 2.45) is 0 Å². The van der Waals surface area contributed by atoms with Crippen molar-refractivity contribution in [2.75, 3.05) is 36.1 Å². The molecule has 0 aliphatic rings. The lowest BCUT2D eigenvalue weighted by Crippen LogP contribution is -2.21. The first-order valence-electron chi connectivity index (χ1n) is 8.97. The number of anilines is 4. The van der Waals surface area contributed by atoms with Gasteiger partial charge in [-0.05, 0) is 37.1 Å². The van der Waals surface area contributed by atoms with Gasteiger partial charge in [0.2, 0.25) is 0 Å². The van der Waals surface area contributed by atoms with Crippen molar-refractivity contribution < 1.29 is 4.74 Å². The highest BCUT2D eigenvalue weighted by Crippen LogP contribution is 2.28. The van der Waals surface area contributed by atoms with Gasteiger partial charge in [-0.3, -0.25) is 0 Å². The number of hydrogen-bond donors (Lipinski definition) is 2. The standard InChI is InChI=1S/C19H29N5O/c1-4-6-12-24(3)19-17(20)18(21-14-22-19)23-15-8-10-16(11-9-15)25-13-7-5-2/h8-11,14H,4-7,12-13,20H2,1-3H3,(H,21,22,23). The lowest BCUT2D eigenvalue weighted by atomic mass is 10.3. The Hall–Kier alpha value is -2.50. The molecule has 0 amide bonds. The van der Waals surface area contributed by atoms with Crippen LogP contribution in [0.3, 0.4) is 0 Å². The van der Waals surface area contributed by atoms with Gasteiger partial charge in [-0.2, -0.15) is 0 Å². The Bertz CT molecular complexity index is 645. The van der Waals surface area contributed by atoms with E-state index < -0.39 is 0 Å². The average Bonchev–Trinajstić information content (AvgIpc) is 2.63. The second-order valence-electron chi connectivity index (χ2n) is 6.09. The number of benzene rings is 1. The fraction of sp³-hybridized carbons (Fsp3) is 0.474. The largest absolute Gasteiger partial charge is 0.494 e. The first-order chi connectivity index (χ1) is 12.2. The number of nitrogens with zero attached hydrogens (tertiary/aromatic N) is 3. The first-order valence-corrected chi connectivity index (χ1v) is 8.97. The van der Waals surface area contributed by atoms with Crippen LogP contribution in [-0.2, 0) is 0 Å². The van der Waals surface area contributed by atoms with Gasteiger partial charge in [0.25, 0.3) is 0 Å². The minimum Gasteiger partial charge on any atom is -0.494 e. The Morgan fingerprint density at radius 2 is 1.80 bits per heavy atom. The van der Waals surface area contributed by atoms with Crippen molar-refractivity contribution >= 4 is 23.0 Å². The molecule has 0 atom stereocenters. The van der Waals surface area contributed by atoms with Gasteiger partial charge < -0.3 is 20.7 Å². The smallest absolute Gasteiger partial charge is 0.159 e. The molecule has 0 radical (unpaired) electrons. The average molecular weight is 343 g/mol. The van der Waals surface area contributed by atoms with E-state index in [1.807, 2.05) is 31.3 Å². The fourth-order valence-corrected chi connectivity index (χ4v) is 2.40. The fourth-order valence-electron chi connectivity index (χ4n) is 2.40. The van der Waals surface area contributed by atoms with Crippen LogP contribution in [0.5, 0.6) is 5.75 Å². The maximum absolute atomic E-state index is 6.26. The van der Waals surface area contributed by atoms with E-state index >= 15 is 0 Å². The van der Waals surface area contributed by atoms with Crippen LogP contribution in [0.25, 0.3) is 0 Å². The summed E-state index contributed by atoms with van der Waals surface area (Å²) in [4.78, 5) is 10.7. The molecule has 0 spiro atoms. The van der Waals surface area contributed by atoms with E-state index in [9.17, 15) is 0 Å². The van der Waals surface area contributed by atoms with Gasteiger partial charge in [-0.15, -0.1) is 0 Å². The molecule has 2 aromatic rings. The van der Waals surface area contributed by atoms with Crippen molar-refractivity contribution in [3.05, 3.63) is 30.6 Å². The SMILES string of the molecule is CCCCOc1ccc(Nc2ncnc(N(C)CCCC)c2N)cc1. The Kier molecular flexibility index (Phi) is 7.32. The van der Waals surface area contributed by atoms with Crippen molar-refractivity contribution in [1.82, 2.24) is 9.97 Å². The number of aromatic nitrogens is 2. The summed E-state index contributed by atoms with van der Waals surface area (Å²) < 4.78 is 5.68. The van der Waals surface area contributed by atoms with Crippen LogP contribution in [0.4, 0.5) is 23.0 Å². The third-order valence-corrected chi connectivity index (χ3v) is 3.96. The van der Waals surface area contributed by atoms with Crippen LogP contribution >= 0.6 is 0 Å². The molecule has 1 aromatic heterocycles. The first kappa shape index (κ1) is 18.8. The van der Waals surface area contributed by atoms with Gasteiger partial charge in [0.15, 0.2) is 11.6 Å². The molecule has 0 aliphatic heterocycles. The number of rotatable bonds is 10. The molecule has 0 unspecified atom stereocenters. The Morgan fingerprint density at radius 3 is 2.48 bits per heavy atom. The predicted octanol–water partition coefficient (Wildman–Crippen LogP) is 4.22. The molecule has 1 aromatic carbocycles. The molecule has 0 saturated carbocycles. The molecule has 0 bridgehead atoms. The molecule has 0 saturated heterocycles. The topological polar surface area (TPSA) is 76.3 Å². The van der Waals surface area contributed by atoms with Crippen molar-refractivity contribution in [2.45, 2.75) is 39.5 Å². The Labute approximate surface area is 150 Å². The highest BCUT2D eigenvalue weighted by Gasteiger charge is 2.12. The van der Waals surface area contributed by atoms with Crippen LogP contribution in [0.1, 0.15) is 39.5 Å². The van der Waals surface area contributed by atoms with Gasteiger partial charge in [0, 0.05) is 19.3 Å². The molecule has 0 fully saturated rings. The van der Waals surface area contributed by atoms with Crippen molar-refractivity contribution in [3.8, 4) is 5.75 Å². The third-order valence-electron chi connectivity index (χ3n) is 3.96.